The van der Waals surface area contributed by atoms with Crippen LogP contribution in [0.15, 0.2) is 140 Å². The minimum atomic E-state index is -0.0332. The Bertz CT molecular complexity index is 2670. The summed E-state index contributed by atoms with van der Waals surface area (Å²) in [7, 11) is 0. The van der Waals surface area contributed by atoms with Crippen LogP contribution in [0, 0.1) is 0 Å². The quantitative estimate of drug-likeness (QED) is 0.172. The molecule has 0 amide bonds. The van der Waals surface area contributed by atoms with Crippen molar-refractivity contribution in [1.29, 1.82) is 0 Å². The van der Waals surface area contributed by atoms with E-state index in [1.165, 1.54) is 27.6 Å². The van der Waals surface area contributed by atoms with Crippen LogP contribution in [-0.4, -0.2) is 19.3 Å². The molecule has 0 radical (unpaired) electrons. The zero-order valence-corrected chi connectivity index (χ0v) is 33.5. The molecule has 0 unspecified atom stereocenters. The molecule has 276 valence electrons. The van der Waals surface area contributed by atoms with Crippen LogP contribution in [0.3, 0.4) is 0 Å². The maximum atomic E-state index is 6.58. The summed E-state index contributed by atoms with van der Waals surface area (Å²) in [6, 6.07) is 43.0. The molecule has 0 aliphatic heterocycles. The summed E-state index contributed by atoms with van der Waals surface area (Å²) < 4.78 is 10.7. The number of nitrogens with zero attached hydrogens (tertiary/aromatic N) is 4. The number of aromatic nitrogens is 4. The van der Waals surface area contributed by atoms with Crippen molar-refractivity contribution in [3.05, 3.63) is 157 Å². The maximum absolute atomic E-state index is 6.58. The Morgan fingerprint density at radius 2 is 1.24 bits per heavy atom. The first kappa shape index (κ1) is 36.1. The SMILES string of the molecule is CC(C)(C)c1ccc(-c2cnn(-c3cccc(Oc4ccc5c6ccccc6n(-c6cc(-c7ccc(C(C)(C)C)cc7C(C)(C)C)ccn6)c5c4)c3)c2)cc1. The van der Waals surface area contributed by atoms with E-state index >= 15 is 0 Å². The first-order valence-corrected chi connectivity index (χ1v) is 19.2. The molecule has 3 heterocycles. The number of fused-ring (bicyclic) bond motifs is 3. The van der Waals surface area contributed by atoms with Gasteiger partial charge in [-0.25, -0.2) is 9.67 Å². The van der Waals surface area contributed by atoms with Crippen LogP contribution in [0.1, 0.15) is 79.0 Å². The molecule has 0 aliphatic carbocycles. The lowest BCUT2D eigenvalue weighted by molar-refractivity contribution is 0.483. The van der Waals surface area contributed by atoms with Crippen molar-refractivity contribution in [2.75, 3.05) is 0 Å². The van der Waals surface area contributed by atoms with Crippen LogP contribution < -0.4 is 4.74 Å². The van der Waals surface area contributed by atoms with Gasteiger partial charge >= 0.3 is 0 Å². The minimum absolute atomic E-state index is 0.0332. The average Bonchev–Trinajstić information content (AvgIpc) is 3.77. The van der Waals surface area contributed by atoms with E-state index in [1.807, 2.05) is 41.3 Å². The van der Waals surface area contributed by atoms with Gasteiger partial charge in [-0.15, -0.1) is 0 Å². The van der Waals surface area contributed by atoms with Crippen LogP contribution >= 0.6 is 0 Å². The molecule has 8 rings (SSSR count). The fourth-order valence-corrected chi connectivity index (χ4v) is 7.45. The van der Waals surface area contributed by atoms with Crippen LogP contribution in [-0.2, 0) is 16.2 Å². The molecule has 0 saturated heterocycles. The molecular weight excluding hydrogens is 673 g/mol. The molecule has 0 aliphatic rings. The van der Waals surface area contributed by atoms with Gasteiger partial charge in [0.15, 0.2) is 0 Å². The lowest BCUT2D eigenvalue weighted by Gasteiger charge is -2.27. The number of ether oxygens (including phenoxy) is 1. The number of hydrogen-bond acceptors (Lipinski definition) is 3. The zero-order valence-electron chi connectivity index (χ0n) is 33.5. The highest BCUT2D eigenvalue weighted by Crippen LogP contribution is 2.39. The van der Waals surface area contributed by atoms with E-state index < -0.39 is 0 Å². The van der Waals surface area contributed by atoms with Crippen molar-refractivity contribution >= 4 is 21.8 Å². The van der Waals surface area contributed by atoms with E-state index in [4.69, 9.17) is 14.8 Å². The monoisotopic (exact) mass is 722 g/mol. The fourth-order valence-electron chi connectivity index (χ4n) is 7.45. The molecule has 0 atom stereocenters. The third kappa shape index (κ3) is 7.07. The molecule has 8 aromatic rings. The van der Waals surface area contributed by atoms with Gasteiger partial charge in [0, 0.05) is 40.9 Å². The lowest BCUT2D eigenvalue weighted by Crippen LogP contribution is -2.17. The molecule has 0 saturated carbocycles. The van der Waals surface area contributed by atoms with Gasteiger partial charge in [-0.05, 0) is 92.1 Å². The first-order valence-electron chi connectivity index (χ1n) is 19.2. The van der Waals surface area contributed by atoms with Gasteiger partial charge in [0.2, 0.25) is 0 Å². The highest BCUT2D eigenvalue weighted by molar-refractivity contribution is 6.09. The van der Waals surface area contributed by atoms with E-state index in [0.717, 1.165) is 56.1 Å². The Hall–Kier alpha value is -5.94. The Morgan fingerprint density at radius 3 is 1.98 bits per heavy atom. The normalized spacial score (nSPS) is 12.5. The second kappa shape index (κ2) is 13.4. The highest BCUT2D eigenvalue weighted by Gasteiger charge is 2.24. The summed E-state index contributed by atoms with van der Waals surface area (Å²) in [5.41, 5.74) is 11.8. The summed E-state index contributed by atoms with van der Waals surface area (Å²) in [5.74, 6) is 2.35. The summed E-state index contributed by atoms with van der Waals surface area (Å²) in [4.78, 5) is 4.97. The molecule has 5 nitrogen and oxygen atoms in total. The van der Waals surface area contributed by atoms with Gasteiger partial charge in [-0.2, -0.15) is 5.10 Å². The van der Waals surface area contributed by atoms with Gasteiger partial charge in [-0.3, -0.25) is 4.57 Å². The number of pyridine rings is 1. The number of rotatable bonds is 6. The summed E-state index contributed by atoms with van der Waals surface area (Å²) in [5, 5.41) is 7.02. The van der Waals surface area contributed by atoms with Crippen LogP contribution in [0.5, 0.6) is 11.5 Å². The Kier molecular flexibility index (Phi) is 8.80. The van der Waals surface area contributed by atoms with Crippen molar-refractivity contribution in [3.63, 3.8) is 0 Å². The second-order valence-electron chi connectivity index (χ2n) is 17.8. The van der Waals surface area contributed by atoms with Crippen molar-refractivity contribution in [1.82, 2.24) is 19.3 Å². The fraction of sp³-hybridized carbons (Fsp3) is 0.240. The van der Waals surface area contributed by atoms with Crippen LogP contribution in [0.4, 0.5) is 0 Å². The summed E-state index contributed by atoms with van der Waals surface area (Å²) >= 11 is 0. The molecule has 0 spiro atoms. The number of hydrogen-bond donors (Lipinski definition) is 0. The summed E-state index contributed by atoms with van der Waals surface area (Å²) in [6.45, 7) is 20.4. The van der Waals surface area contributed by atoms with Gasteiger partial charge in [0.1, 0.15) is 17.3 Å². The third-order valence-corrected chi connectivity index (χ3v) is 10.6. The van der Waals surface area contributed by atoms with Crippen LogP contribution in [0.2, 0.25) is 0 Å². The Labute approximate surface area is 325 Å². The van der Waals surface area contributed by atoms with Gasteiger partial charge < -0.3 is 4.74 Å². The second-order valence-corrected chi connectivity index (χ2v) is 17.8. The Balaban J connectivity index is 1.14. The molecular formula is C50H50N4O. The molecule has 0 N–H and O–H groups in total. The van der Waals surface area contributed by atoms with E-state index in [9.17, 15) is 0 Å². The molecule has 0 bridgehead atoms. The largest absolute Gasteiger partial charge is 0.457 e. The lowest BCUT2D eigenvalue weighted by atomic mass is 9.77. The maximum Gasteiger partial charge on any atom is 0.138 e. The third-order valence-electron chi connectivity index (χ3n) is 10.6. The standard InChI is InChI=1S/C50H50N4O/c1-48(2,3)36-19-17-33(18-20-36)35-31-52-53(32-35)38-13-12-14-39(29-38)55-40-22-24-43-42-15-10-11-16-45(42)54(46(43)30-40)47-27-34(25-26-51-47)41-23-21-37(49(4,5)6)28-44(41)50(7,8)9/h10-32H,1-9H3. The zero-order chi connectivity index (χ0) is 38.7. The van der Waals surface area contributed by atoms with Gasteiger partial charge in [-0.1, -0.05) is 129 Å². The van der Waals surface area contributed by atoms with E-state index in [0.29, 0.717) is 0 Å². The topological polar surface area (TPSA) is 44.9 Å². The average molecular weight is 723 g/mol. The molecule has 0 fully saturated rings. The van der Waals surface area contributed by atoms with E-state index in [2.05, 4.69) is 170 Å². The summed E-state index contributed by atoms with van der Waals surface area (Å²) in [6.07, 6.45) is 5.92. The predicted molar refractivity (Wildman–Crippen MR) is 229 cm³/mol. The number of benzene rings is 5. The molecule has 5 heteroatoms. The molecule has 3 aromatic heterocycles. The van der Waals surface area contributed by atoms with Gasteiger partial charge in [0.05, 0.1) is 22.9 Å². The highest BCUT2D eigenvalue weighted by atomic mass is 16.5. The first-order chi connectivity index (χ1) is 26.1. The van der Waals surface area contributed by atoms with Crippen molar-refractivity contribution in [2.45, 2.75) is 78.6 Å². The molecule has 55 heavy (non-hydrogen) atoms. The van der Waals surface area contributed by atoms with E-state index in [-0.39, 0.29) is 16.2 Å². The van der Waals surface area contributed by atoms with Crippen molar-refractivity contribution < 1.29 is 4.74 Å². The van der Waals surface area contributed by atoms with Crippen molar-refractivity contribution in [2.24, 2.45) is 0 Å². The van der Waals surface area contributed by atoms with E-state index in [1.54, 1.807) is 0 Å². The van der Waals surface area contributed by atoms with Crippen LogP contribution in [0.25, 0.3) is 55.6 Å². The smallest absolute Gasteiger partial charge is 0.138 e. The number of para-hydroxylation sites is 1. The Morgan fingerprint density at radius 1 is 0.527 bits per heavy atom. The minimum Gasteiger partial charge on any atom is -0.457 e. The molecule has 5 aromatic carbocycles. The predicted octanol–water partition coefficient (Wildman–Crippen LogP) is 13.4. The van der Waals surface area contributed by atoms with Gasteiger partial charge in [0.25, 0.3) is 0 Å². The van der Waals surface area contributed by atoms with Crippen molar-refractivity contribution in [3.8, 4) is 45.3 Å².